The van der Waals surface area contributed by atoms with Gasteiger partial charge < -0.3 is 9.64 Å². The van der Waals surface area contributed by atoms with Crippen molar-refractivity contribution in [3.63, 3.8) is 0 Å². The highest BCUT2D eigenvalue weighted by atomic mass is 32.2. The van der Waals surface area contributed by atoms with E-state index in [0.29, 0.717) is 5.75 Å². The van der Waals surface area contributed by atoms with E-state index >= 15 is 0 Å². The zero-order valence-corrected chi connectivity index (χ0v) is 12.1. The summed E-state index contributed by atoms with van der Waals surface area (Å²) in [5.74, 6) is 1.50. The van der Waals surface area contributed by atoms with Crippen molar-refractivity contribution in [2.24, 2.45) is 0 Å². The van der Waals surface area contributed by atoms with E-state index in [4.69, 9.17) is 4.74 Å². The van der Waals surface area contributed by atoms with Crippen LogP contribution in [0.4, 0.5) is 0 Å². The van der Waals surface area contributed by atoms with Gasteiger partial charge in [0, 0.05) is 19.0 Å². The topological polar surface area (TPSA) is 29.5 Å². The second-order valence-electron chi connectivity index (χ2n) is 4.25. The first-order valence-corrected chi connectivity index (χ1v) is 7.18. The summed E-state index contributed by atoms with van der Waals surface area (Å²) >= 11 is 1.55. The minimum absolute atomic E-state index is 0.128. The molecule has 0 spiro atoms. The van der Waals surface area contributed by atoms with E-state index in [1.807, 2.05) is 24.3 Å². The molecule has 100 valence electrons. The number of carbonyl (C=O) groups is 1. The summed E-state index contributed by atoms with van der Waals surface area (Å²) in [6, 6.07) is 7.90. The van der Waals surface area contributed by atoms with Crippen LogP contribution < -0.4 is 4.74 Å². The van der Waals surface area contributed by atoms with Gasteiger partial charge in [0.1, 0.15) is 5.75 Å². The van der Waals surface area contributed by atoms with E-state index < -0.39 is 0 Å². The van der Waals surface area contributed by atoms with Gasteiger partial charge in [-0.3, -0.25) is 4.79 Å². The van der Waals surface area contributed by atoms with E-state index in [-0.39, 0.29) is 5.91 Å². The highest BCUT2D eigenvalue weighted by molar-refractivity contribution is 8.00. The molecule has 1 aromatic rings. The Balaban J connectivity index is 2.38. The van der Waals surface area contributed by atoms with E-state index in [9.17, 15) is 4.79 Å². The number of rotatable bonds is 7. The molecule has 0 saturated heterocycles. The largest absolute Gasteiger partial charge is 0.494 e. The third-order valence-electron chi connectivity index (χ3n) is 2.45. The van der Waals surface area contributed by atoms with Gasteiger partial charge in [0.15, 0.2) is 0 Å². The van der Waals surface area contributed by atoms with Crippen LogP contribution in [-0.4, -0.2) is 37.3 Å². The van der Waals surface area contributed by atoms with Gasteiger partial charge in [-0.2, -0.15) is 0 Å². The van der Waals surface area contributed by atoms with Gasteiger partial charge in [-0.05, 0) is 30.7 Å². The van der Waals surface area contributed by atoms with Crippen LogP contribution in [0.3, 0.4) is 0 Å². The smallest absolute Gasteiger partial charge is 0.232 e. The van der Waals surface area contributed by atoms with Crippen LogP contribution in [0.1, 0.15) is 19.8 Å². The Kier molecular flexibility index (Phi) is 6.65. The van der Waals surface area contributed by atoms with Crippen LogP contribution in [0, 0.1) is 0 Å². The first-order valence-electron chi connectivity index (χ1n) is 6.19. The summed E-state index contributed by atoms with van der Waals surface area (Å²) in [4.78, 5) is 14.1. The molecule has 0 bridgehead atoms. The first-order chi connectivity index (χ1) is 8.63. The molecule has 18 heavy (non-hydrogen) atoms. The van der Waals surface area contributed by atoms with Crippen LogP contribution in [0.2, 0.25) is 0 Å². The highest BCUT2D eigenvalue weighted by Gasteiger charge is 2.04. The van der Waals surface area contributed by atoms with E-state index in [0.717, 1.165) is 30.1 Å². The van der Waals surface area contributed by atoms with Crippen molar-refractivity contribution in [2.45, 2.75) is 24.7 Å². The lowest BCUT2D eigenvalue weighted by molar-refractivity contribution is -0.125. The molecule has 0 aliphatic carbocycles. The van der Waals surface area contributed by atoms with Crippen molar-refractivity contribution in [3.8, 4) is 5.75 Å². The summed E-state index contributed by atoms with van der Waals surface area (Å²) in [5.41, 5.74) is 0. The Morgan fingerprint density at radius 3 is 2.50 bits per heavy atom. The fourth-order valence-corrected chi connectivity index (χ4v) is 2.12. The lowest BCUT2D eigenvalue weighted by Gasteiger charge is -2.10. The fraction of sp³-hybridized carbons (Fsp3) is 0.500. The average molecular weight is 269 g/mol. The molecule has 1 amide bonds. The standard InChI is InChI=1S/C14H21NO2S/c1-4-5-10-17-12-6-8-13(9-7-12)18-11-14(16)15(2)3/h6-9H,4-5,10-11H2,1-3H3/i11+1,14+1. The maximum absolute atomic E-state index is 11.4. The Hall–Kier alpha value is -1.16. The number of thioether (sulfide) groups is 1. The molecule has 0 fully saturated rings. The SMILES string of the molecule is CCCCOc1ccc(S[13CH2][13C](=O)N(C)C)cc1. The Labute approximate surface area is 114 Å². The van der Waals surface area contributed by atoms with Gasteiger partial charge in [-0.25, -0.2) is 0 Å². The predicted octanol–water partition coefficient (Wildman–Crippen LogP) is 3.05. The van der Waals surface area contributed by atoms with Gasteiger partial charge in [0.25, 0.3) is 0 Å². The Morgan fingerprint density at radius 1 is 1.28 bits per heavy atom. The second-order valence-corrected chi connectivity index (χ2v) is 5.30. The Bertz CT molecular complexity index is 363. The number of ether oxygens (including phenoxy) is 1. The van der Waals surface area contributed by atoms with Crippen molar-refractivity contribution >= 4 is 17.7 Å². The van der Waals surface area contributed by atoms with Gasteiger partial charge >= 0.3 is 0 Å². The van der Waals surface area contributed by atoms with Crippen molar-refractivity contribution in [1.29, 1.82) is 0 Å². The number of amides is 1. The van der Waals surface area contributed by atoms with Crippen LogP contribution >= 0.6 is 11.8 Å². The average Bonchev–Trinajstić information content (AvgIpc) is 2.37. The molecule has 0 aromatic heterocycles. The minimum atomic E-state index is 0.128. The van der Waals surface area contributed by atoms with Crippen molar-refractivity contribution in [2.75, 3.05) is 26.5 Å². The molecule has 1 rings (SSSR count). The maximum atomic E-state index is 11.4. The minimum Gasteiger partial charge on any atom is -0.494 e. The van der Waals surface area contributed by atoms with Crippen molar-refractivity contribution in [3.05, 3.63) is 24.3 Å². The molecule has 0 aliphatic heterocycles. The molecule has 0 aliphatic rings. The summed E-state index contributed by atoms with van der Waals surface area (Å²) in [6.07, 6.45) is 2.22. The van der Waals surface area contributed by atoms with E-state index in [1.54, 1.807) is 30.8 Å². The zero-order valence-electron chi connectivity index (χ0n) is 11.3. The number of benzene rings is 1. The molecule has 1 aromatic carbocycles. The molecule has 3 nitrogen and oxygen atoms in total. The predicted molar refractivity (Wildman–Crippen MR) is 76.3 cm³/mol. The molecule has 0 saturated carbocycles. The first kappa shape index (κ1) is 14.9. The van der Waals surface area contributed by atoms with Gasteiger partial charge in [0.2, 0.25) is 5.91 Å². The van der Waals surface area contributed by atoms with Gasteiger partial charge in [0.05, 0.1) is 12.4 Å². The van der Waals surface area contributed by atoms with Crippen LogP contribution in [0.5, 0.6) is 5.75 Å². The number of unbranched alkanes of at least 4 members (excludes halogenated alkanes) is 1. The molecule has 0 atom stereocenters. The van der Waals surface area contributed by atoms with Gasteiger partial charge in [-0.1, -0.05) is 13.3 Å². The molecule has 0 N–H and O–H groups in total. The molecular formula is C14H21NO2S. The lowest BCUT2D eigenvalue weighted by Crippen LogP contribution is -2.23. The van der Waals surface area contributed by atoms with Crippen LogP contribution in [0.25, 0.3) is 0 Å². The van der Waals surface area contributed by atoms with E-state index in [1.165, 1.54) is 0 Å². The van der Waals surface area contributed by atoms with E-state index in [2.05, 4.69) is 6.92 Å². The Morgan fingerprint density at radius 2 is 1.94 bits per heavy atom. The molecule has 0 unspecified atom stereocenters. The summed E-state index contributed by atoms with van der Waals surface area (Å²) in [5, 5.41) is 0. The quantitative estimate of drug-likeness (QED) is 0.433. The molecular weight excluding hydrogens is 248 g/mol. The third kappa shape index (κ3) is 5.45. The summed E-state index contributed by atoms with van der Waals surface area (Å²) < 4.78 is 5.58. The number of hydrogen-bond acceptors (Lipinski definition) is 3. The zero-order chi connectivity index (χ0) is 13.4. The summed E-state index contributed by atoms with van der Waals surface area (Å²) in [7, 11) is 3.54. The maximum Gasteiger partial charge on any atom is 0.232 e. The second kappa shape index (κ2) is 8.03. The number of carbonyl (C=O) groups excluding carboxylic acids is 1. The van der Waals surface area contributed by atoms with Crippen molar-refractivity contribution < 1.29 is 9.53 Å². The highest BCUT2D eigenvalue weighted by Crippen LogP contribution is 2.21. The van der Waals surface area contributed by atoms with Crippen LogP contribution in [-0.2, 0) is 4.79 Å². The number of nitrogens with zero attached hydrogens (tertiary/aromatic N) is 1. The molecule has 4 heteroatoms. The lowest BCUT2D eigenvalue weighted by atomic mass is 10.3. The fourth-order valence-electron chi connectivity index (χ4n) is 1.24. The summed E-state index contributed by atoms with van der Waals surface area (Å²) in [6.45, 7) is 2.91. The van der Waals surface area contributed by atoms with Crippen molar-refractivity contribution in [1.82, 2.24) is 4.90 Å². The van der Waals surface area contributed by atoms with Crippen LogP contribution in [0.15, 0.2) is 29.2 Å². The number of hydrogen-bond donors (Lipinski definition) is 0. The monoisotopic (exact) mass is 269 g/mol. The van der Waals surface area contributed by atoms with Gasteiger partial charge in [-0.15, -0.1) is 11.8 Å². The molecule has 0 radical (unpaired) electrons. The normalized spacial score (nSPS) is 10.2. The third-order valence-corrected chi connectivity index (χ3v) is 3.45. The molecule has 0 heterocycles.